The first-order chi connectivity index (χ1) is 35.0. The lowest BCUT2D eigenvalue weighted by Crippen LogP contribution is -2.30. The van der Waals surface area contributed by atoms with Gasteiger partial charge in [-0.1, -0.05) is 259 Å². The summed E-state index contributed by atoms with van der Waals surface area (Å²) >= 11 is 0. The van der Waals surface area contributed by atoms with E-state index >= 15 is 0 Å². The maximum atomic E-state index is 12.8. The molecule has 0 aromatic rings. The van der Waals surface area contributed by atoms with Gasteiger partial charge in [-0.25, -0.2) is 0 Å². The van der Waals surface area contributed by atoms with Crippen molar-refractivity contribution in [3.05, 3.63) is 97.2 Å². The van der Waals surface area contributed by atoms with E-state index in [1.54, 1.807) is 0 Å². The lowest BCUT2D eigenvalue weighted by Gasteiger charge is -2.18. The Labute approximate surface area is 438 Å². The van der Waals surface area contributed by atoms with E-state index in [1.807, 2.05) is 0 Å². The van der Waals surface area contributed by atoms with Crippen LogP contribution in [0.25, 0.3) is 0 Å². The van der Waals surface area contributed by atoms with Gasteiger partial charge in [0.25, 0.3) is 0 Å². The smallest absolute Gasteiger partial charge is 0.306 e. The molecule has 406 valence electrons. The van der Waals surface area contributed by atoms with Crippen LogP contribution in [0.15, 0.2) is 97.2 Å². The second kappa shape index (κ2) is 58.9. The molecule has 0 heterocycles. The summed E-state index contributed by atoms with van der Waals surface area (Å²) in [5.41, 5.74) is 0. The van der Waals surface area contributed by atoms with E-state index in [0.717, 1.165) is 96.3 Å². The van der Waals surface area contributed by atoms with Gasteiger partial charge in [-0.15, -0.1) is 0 Å². The number of carbonyl (C=O) groups is 3. The third kappa shape index (κ3) is 57.1. The fraction of sp³-hybridized carbons (Fsp3) is 0.708. The van der Waals surface area contributed by atoms with Gasteiger partial charge in [0.1, 0.15) is 13.2 Å². The molecule has 0 amide bonds. The summed E-state index contributed by atoms with van der Waals surface area (Å²) < 4.78 is 16.8. The highest BCUT2D eigenvalue weighted by Crippen LogP contribution is 2.15. The van der Waals surface area contributed by atoms with Crippen molar-refractivity contribution in [3.8, 4) is 0 Å². The fourth-order valence-electron chi connectivity index (χ4n) is 8.13. The topological polar surface area (TPSA) is 78.9 Å². The van der Waals surface area contributed by atoms with Crippen LogP contribution in [0, 0.1) is 0 Å². The molecule has 1 atom stereocenters. The molecule has 0 aliphatic heterocycles. The molecule has 6 nitrogen and oxygen atoms in total. The first-order valence-corrected chi connectivity index (χ1v) is 29.7. The van der Waals surface area contributed by atoms with Gasteiger partial charge in [-0.05, 0) is 96.3 Å². The molecule has 0 bridgehead atoms. The molecular weight excluding hydrogens is 877 g/mol. The number of hydrogen-bond acceptors (Lipinski definition) is 6. The summed E-state index contributed by atoms with van der Waals surface area (Å²) in [6, 6.07) is 0. The molecule has 71 heavy (non-hydrogen) atoms. The average molecular weight is 988 g/mol. The number of rotatable bonds is 53. The third-order valence-corrected chi connectivity index (χ3v) is 12.6. The largest absolute Gasteiger partial charge is 0.462 e. The number of carbonyl (C=O) groups excluding carboxylic acids is 3. The third-order valence-electron chi connectivity index (χ3n) is 12.6. The van der Waals surface area contributed by atoms with Gasteiger partial charge in [0, 0.05) is 19.3 Å². The van der Waals surface area contributed by atoms with Crippen LogP contribution in [0.1, 0.15) is 278 Å². The highest BCUT2D eigenvalue weighted by molar-refractivity contribution is 5.71. The van der Waals surface area contributed by atoms with E-state index in [4.69, 9.17) is 14.2 Å². The first-order valence-electron chi connectivity index (χ1n) is 29.7. The van der Waals surface area contributed by atoms with E-state index < -0.39 is 6.10 Å². The summed E-state index contributed by atoms with van der Waals surface area (Å²) in [6.45, 7) is 6.47. The summed E-state index contributed by atoms with van der Waals surface area (Å²) in [5.74, 6) is -0.986. The van der Waals surface area contributed by atoms with Crippen molar-refractivity contribution in [2.75, 3.05) is 13.2 Å². The van der Waals surface area contributed by atoms with Crippen LogP contribution in [0.4, 0.5) is 0 Å². The molecule has 0 saturated heterocycles. The molecule has 0 saturated carbocycles. The zero-order valence-electron chi connectivity index (χ0n) is 46.5. The number of hydrogen-bond donors (Lipinski definition) is 0. The van der Waals surface area contributed by atoms with E-state index in [2.05, 4.69) is 118 Å². The highest BCUT2D eigenvalue weighted by Gasteiger charge is 2.19. The van der Waals surface area contributed by atoms with Crippen molar-refractivity contribution in [2.24, 2.45) is 0 Å². The number of esters is 3. The van der Waals surface area contributed by atoms with Crippen LogP contribution in [0.5, 0.6) is 0 Å². The van der Waals surface area contributed by atoms with Crippen molar-refractivity contribution < 1.29 is 28.6 Å². The van der Waals surface area contributed by atoms with E-state index in [9.17, 15) is 14.4 Å². The standard InChI is InChI=1S/C65H110O6/c1-4-7-10-13-16-19-22-25-28-31-32-35-37-40-43-46-49-52-55-58-64(67)70-61-62(71-65(68)59-56-53-50-47-44-41-38-34-30-27-24-21-18-15-12-9-6-3)60-69-63(66)57-54-51-48-45-42-39-36-33-29-26-23-20-17-14-11-8-5-2/h7,10,16,19,25,27-28,30,32,35,38,40-41,43,47,50,62H,4-6,8-9,11-15,17-18,20-24,26,29,31,33-34,36-37,39,42,44-46,48-49,51-61H2,1-3H3/b10-7-,19-16-,28-25-,30-27-,35-32-,41-38-,43-40-,50-47-. The van der Waals surface area contributed by atoms with Crippen LogP contribution in [0.3, 0.4) is 0 Å². The Kier molecular flexibility index (Phi) is 55.9. The Hall–Kier alpha value is -3.67. The van der Waals surface area contributed by atoms with Crippen LogP contribution in [0.2, 0.25) is 0 Å². The average Bonchev–Trinajstić information content (AvgIpc) is 3.37. The van der Waals surface area contributed by atoms with Crippen LogP contribution in [-0.4, -0.2) is 37.2 Å². The minimum absolute atomic E-state index is 0.107. The molecule has 0 aromatic heterocycles. The van der Waals surface area contributed by atoms with Gasteiger partial charge in [0.2, 0.25) is 0 Å². The van der Waals surface area contributed by atoms with Crippen molar-refractivity contribution >= 4 is 17.9 Å². The zero-order chi connectivity index (χ0) is 51.4. The highest BCUT2D eigenvalue weighted by atomic mass is 16.6. The normalized spacial score (nSPS) is 12.8. The predicted octanol–water partition coefficient (Wildman–Crippen LogP) is 20.1. The summed E-state index contributed by atoms with van der Waals surface area (Å²) in [7, 11) is 0. The monoisotopic (exact) mass is 987 g/mol. The van der Waals surface area contributed by atoms with Crippen molar-refractivity contribution in [3.63, 3.8) is 0 Å². The first kappa shape index (κ1) is 67.3. The molecular formula is C65H110O6. The van der Waals surface area contributed by atoms with Crippen molar-refractivity contribution in [1.82, 2.24) is 0 Å². The molecule has 0 N–H and O–H groups in total. The molecule has 6 heteroatoms. The maximum absolute atomic E-state index is 12.8. The second-order valence-electron chi connectivity index (χ2n) is 19.5. The minimum Gasteiger partial charge on any atom is -0.462 e. The van der Waals surface area contributed by atoms with Gasteiger partial charge in [-0.2, -0.15) is 0 Å². The predicted molar refractivity (Wildman–Crippen MR) is 307 cm³/mol. The fourth-order valence-corrected chi connectivity index (χ4v) is 8.13. The van der Waals surface area contributed by atoms with Gasteiger partial charge in [0.05, 0.1) is 0 Å². The number of allylic oxidation sites excluding steroid dienone is 16. The number of ether oxygens (including phenoxy) is 3. The molecule has 0 aliphatic carbocycles. The van der Waals surface area contributed by atoms with Gasteiger partial charge >= 0.3 is 17.9 Å². The SMILES string of the molecule is CC/C=C\C/C=C\C/C=C\C/C=C\C/C=C\CCCCCC(=O)OCC(COC(=O)CCCCCCCCCCCCCCCCCCC)OC(=O)CCC/C=C\C/C=C\C/C=C\CCCCCCCC. The molecule has 0 aromatic carbocycles. The summed E-state index contributed by atoms with van der Waals surface area (Å²) in [4.78, 5) is 38.2. The number of unbranched alkanes of at least 4 members (excludes halogenated alkanes) is 26. The summed E-state index contributed by atoms with van der Waals surface area (Å²) in [5, 5.41) is 0. The van der Waals surface area contributed by atoms with E-state index in [1.165, 1.54) is 135 Å². The van der Waals surface area contributed by atoms with Crippen LogP contribution < -0.4 is 0 Å². The van der Waals surface area contributed by atoms with Crippen LogP contribution in [-0.2, 0) is 28.6 Å². The Morgan fingerprint density at radius 1 is 0.296 bits per heavy atom. The van der Waals surface area contributed by atoms with Crippen molar-refractivity contribution in [1.29, 1.82) is 0 Å². The Morgan fingerprint density at radius 3 is 0.915 bits per heavy atom. The molecule has 0 rings (SSSR count). The molecule has 1 unspecified atom stereocenters. The molecule has 0 spiro atoms. The van der Waals surface area contributed by atoms with E-state index in [-0.39, 0.29) is 37.5 Å². The molecule has 0 aliphatic rings. The van der Waals surface area contributed by atoms with Gasteiger partial charge in [-0.3, -0.25) is 14.4 Å². The maximum Gasteiger partial charge on any atom is 0.306 e. The van der Waals surface area contributed by atoms with E-state index in [0.29, 0.717) is 19.3 Å². The second-order valence-corrected chi connectivity index (χ2v) is 19.5. The lowest BCUT2D eigenvalue weighted by atomic mass is 10.0. The van der Waals surface area contributed by atoms with Gasteiger partial charge in [0.15, 0.2) is 6.10 Å². The molecule has 0 radical (unpaired) electrons. The van der Waals surface area contributed by atoms with Gasteiger partial charge < -0.3 is 14.2 Å². The Bertz CT molecular complexity index is 1410. The Morgan fingerprint density at radius 2 is 0.563 bits per heavy atom. The summed E-state index contributed by atoms with van der Waals surface area (Å²) in [6.07, 6.45) is 78.3. The minimum atomic E-state index is -0.818. The lowest BCUT2D eigenvalue weighted by molar-refractivity contribution is -0.167. The van der Waals surface area contributed by atoms with Crippen LogP contribution >= 0.6 is 0 Å². The molecule has 0 fully saturated rings. The van der Waals surface area contributed by atoms with Crippen molar-refractivity contribution in [2.45, 2.75) is 284 Å². The Balaban J connectivity index is 4.51. The quantitative estimate of drug-likeness (QED) is 0.0261. The zero-order valence-corrected chi connectivity index (χ0v) is 46.5.